The largest absolute Gasteiger partial charge is 0.351 e. The standard InChI is InChI=1S/C16H20N2O3/c1-4-18-15(21)12(13(19)16(18,2)3)14(20)17-10-11-8-6-5-7-9-11/h5-9,12H,4,10H2,1-3H3,(H,17,20). The Morgan fingerprint density at radius 1 is 1.24 bits per heavy atom. The van der Waals surface area contributed by atoms with Crippen LogP contribution in [-0.2, 0) is 20.9 Å². The lowest BCUT2D eigenvalue weighted by atomic mass is 9.93. The topological polar surface area (TPSA) is 66.5 Å². The van der Waals surface area contributed by atoms with Crippen LogP contribution in [0.2, 0.25) is 0 Å². The summed E-state index contributed by atoms with van der Waals surface area (Å²) >= 11 is 0. The average Bonchev–Trinajstić information content (AvgIpc) is 2.63. The number of likely N-dealkylation sites (N-methyl/N-ethyl adjacent to an activating group) is 1. The second-order valence-electron chi connectivity index (χ2n) is 5.64. The van der Waals surface area contributed by atoms with Crippen LogP contribution in [0.4, 0.5) is 0 Å². The van der Waals surface area contributed by atoms with E-state index in [9.17, 15) is 14.4 Å². The van der Waals surface area contributed by atoms with Gasteiger partial charge in [-0.05, 0) is 26.3 Å². The Bertz CT molecular complexity index is 566. The highest BCUT2D eigenvalue weighted by Gasteiger charge is 2.54. The summed E-state index contributed by atoms with van der Waals surface area (Å²) in [4.78, 5) is 38.3. The first-order valence-corrected chi connectivity index (χ1v) is 7.07. The highest BCUT2D eigenvalue weighted by molar-refractivity contribution is 6.25. The fourth-order valence-corrected chi connectivity index (χ4v) is 2.70. The van der Waals surface area contributed by atoms with E-state index in [0.29, 0.717) is 13.1 Å². The maximum Gasteiger partial charge on any atom is 0.243 e. The number of amides is 2. The number of nitrogens with zero attached hydrogens (tertiary/aromatic N) is 1. The van der Waals surface area contributed by atoms with Gasteiger partial charge in [0, 0.05) is 13.1 Å². The van der Waals surface area contributed by atoms with Crippen molar-refractivity contribution in [1.29, 1.82) is 0 Å². The van der Waals surface area contributed by atoms with Crippen LogP contribution in [0.1, 0.15) is 26.3 Å². The zero-order valence-corrected chi connectivity index (χ0v) is 12.6. The summed E-state index contributed by atoms with van der Waals surface area (Å²) in [7, 11) is 0. The van der Waals surface area contributed by atoms with Crippen molar-refractivity contribution in [1.82, 2.24) is 10.2 Å². The molecule has 1 atom stereocenters. The molecule has 0 spiro atoms. The van der Waals surface area contributed by atoms with Crippen molar-refractivity contribution in [3.8, 4) is 0 Å². The van der Waals surface area contributed by atoms with Crippen molar-refractivity contribution in [3.63, 3.8) is 0 Å². The predicted octanol–water partition coefficient (Wildman–Crippen LogP) is 1.13. The van der Waals surface area contributed by atoms with Crippen molar-refractivity contribution in [2.75, 3.05) is 6.54 Å². The first-order chi connectivity index (χ1) is 9.89. The quantitative estimate of drug-likeness (QED) is 0.845. The van der Waals surface area contributed by atoms with E-state index in [0.717, 1.165) is 5.56 Å². The van der Waals surface area contributed by atoms with E-state index < -0.39 is 23.3 Å². The van der Waals surface area contributed by atoms with Gasteiger partial charge in [-0.2, -0.15) is 0 Å². The summed E-state index contributed by atoms with van der Waals surface area (Å²) in [6.07, 6.45) is 0. The van der Waals surface area contributed by atoms with Gasteiger partial charge in [-0.1, -0.05) is 30.3 Å². The minimum Gasteiger partial charge on any atom is -0.351 e. The molecule has 2 rings (SSSR count). The monoisotopic (exact) mass is 288 g/mol. The summed E-state index contributed by atoms with van der Waals surface area (Å²) < 4.78 is 0. The maximum absolute atomic E-state index is 12.3. The molecule has 5 heteroatoms. The number of carbonyl (C=O) groups excluding carboxylic acids is 3. The Labute approximate surface area is 124 Å². The lowest BCUT2D eigenvalue weighted by molar-refractivity contribution is -0.139. The maximum atomic E-state index is 12.3. The molecule has 0 radical (unpaired) electrons. The van der Waals surface area contributed by atoms with E-state index in [-0.39, 0.29) is 5.78 Å². The molecule has 1 N–H and O–H groups in total. The molecule has 0 saturated carbocycles. The third-order valence-electron chi connectivity index (χ3n) is 3.94. The SMILES string of the molecule is CCN1C(=O)C(C(=O)NCc2ccccc2)C(=O)C1(C)C. The van der Waals surface area contributed by atoms with Crippen LogP contribution in [0.3, 0.4) is 0 Å². The van der Waals surface area contributed by atoms with Crippen molar-refractivity contribution < 1.29 is 14.4 Å². The highest BCUT2D eigenvalue weighted by atomic mass is 16.2. The van der Waals surface area contributed by atoms with Gasteiger partial charge in [-0.25, -0.2) is 0 Å². The average molecular weight is 288 g/mol. The molecule has 112 valence electrons. The third-order valence-corrected chi connectivity index (χ3v) is 3.94. The molecule has 0 bridgehead atoms. The van der Waals surface area contributed by atoms with Gasteiger partial charge in [0.1, 0.15) is 0 Å². The second-order valence-corrected chi connectivity index (χ2v) is 5.64. The first kappa shape index (κ1) is 15.2. The molecule has 0 aliphatic carbocycles. The number of hydrogen-bond donors (Lipinski definition) is 1. The molecular weight excluding hydrogens is 268 g/mol. The number of ketones is 1. The summed E-state index contributed by atoms with van der Waals surface area (Å²) in [6.45, 7) is 5.89. The van der Waals surface area contributed by atoms with Crippen molar-refractivity contribution in [3.05, 3.63) is 35.9 Å². The fraction of sp³-hybridized carbons (Fsp3) is 0.438. The van der Waals surface area contributed by atoms with E-state index in [1.807, 2.05) is 30.3 Å². The van der Waals surface area contributed by atoms with Crippen molar-refractivity contribution in [2.24, 2.45) is 5.92 Å². The summed E-state index contributed by atoms with van der Waals surface area (Å²) in [5, 5.41) is 2.68. The lowest BCUT2D eigenvalue weighted by Crippen LogP contribution is -2.44. The number of Topliss-reactive ketones (excluding diaryl/α,β-unsaturated/α-hetero) is 1. The van der Waals surface area contributed by atoms with Crippen molar-refractivity contribution in [2.45, 2.75) is 32.9 Å². The number of hydrogen-bond acceptors (Lipinski definition) is 3. The Morgan fingerprint density at radius 2 is 1.86 bits per heavy atom. The van der Waals surface area contributed by atoms with Crippen LogP contribution in [0.25, 0.3) is 0 Å². The number of rotatable bonds is 4. The number of benzene rings is 1. The normalized spacial score (nSPS) is 20.7. The molecule has 1 aliphatic heterocycles. The van der Waals surface area contributed by atoms with Gasteiger partial charge in [0.05, 0.1) is 5.54 Å². The van der Waals surface area contributed by atoms with Crippen molar-refractivity contribution >= 4 is 17.6 Å². The smallest absolute Gasteiger partial charge is 0.243 e. The molecule has 1 saturated heterocycles. The number of carbonyl (C=O) groups is 3. The molecule has 21 heavy (non-hydrogen) atoms. The van der Waals surface area contributed by atoms with Crippen LogP contribution < -0.4 is 5.32 Å². The molecule has 0 aromatic heterocycles. The molecule has 5 nitrogen and oxygen atoms in total. The van der Waals surface area contributed by atoms with Gasteiger partial charge in [0.25, 0.3) is 0 Å². The van der Waals surface area contributed by atoms with Crippen LogP contribution in [0.15, 0.2) is 30.3 Å². The lowest BCUT2D eigenvalue weighted by Gasteiger charge is -2.28. The number of nitrogens with one attached hydrogen (secondary N) is 1. The Morgan fingerprint density at radius 3 is 2.38 bits per heavy atom. The predicted molar refractivity (Wildman–Crippen MR) is 78.3 cm³/mol. The van der Waals surface area contributed by atoms with Crippen LogP contribution in [0.5, 0.6) is 0 Å². The zero-order chi connectivity index (χ0) is 15.6. The van der Waals surface area contributed by atoms with Crippen LogP contribution >= 0.6 is 0 Å². The number of likely N-dealkylation sites (tertiary alicyclic amines) is 1. The summed E-state index contributed by atoms with van der Waals surface area (Å²) in [5.74, 6) is -2.47. The van der Waals surface area contributed by atoms with E-state index in [1.165, 1.54) is 4.90 Å². The Balaban J connectivity index is 2.09. The van der Waals surface area contributed by atoms with E-state index in [2.05, 4.69) is 5.32 Å². The van der Waals surface area contributed by atoms with E-state index in [1.54, 1.807) is 20.8 Å². The third kappa shape index (κ3) is 2.68. The minimum absolute atomic E-state index is 0.309. The zero-order valence-electron chi connectivity index (χ0n) is 12.6. The van der Waals surface area contributed by atoms with Gasteiger partial charge in [0.15, 0.2) is 11.7 Å². The molecule has 1 aliphatic rings. The Hall–Kier alpha value is -2.17. The molecular formula is C16H20N2O3. The summed E-state index contributed by atoms with van der Waals surface area (Å²) in [5.41, 5.74) is 0.0102. The Kier molecular flexibility index (Phi) is 4.11. The van der Waals surface area contributed by atoms with Gasteiger partial charge in [0.2, 0.25) is 11.8 Å². The fourth-order valence-electron chi connectivity index (χ4n) is 2.70. The molecule has 1 aromatic rings. The molecule has 1 heterocycles. The molecule has 1 aromatic carbocycles. The van der Waals surface area contributed by atoms with E-state index >= 15 is 0 Å². The van der Waals surface area contributed by atoms with Gasteiger partial charge >= 0.3 is 0 Å². The van der Waals surface area contributed by atoms with Crippen LogP contribution in [-0.4, -0.2) is 34.6 Å². The van der Waals surface area contributed by atoms with Crippen LogP contribution in [0, 0.1) is 5.92 Å². The molecule has 1 unspecified atom stereocenters. The van der Waals surface area contributed by atoms with E-state index in [4.69, 9.17) is 0 Å². The highest BCUT2D eigenvalue weighted by Crippen LogP contribution is 2.30. The molecule has 2 amide bonds. The minimum atomic E-state index is -1.22. The second kappa shape index (κ2) is 5.68. The molecule has 1 fully saturated rings. The summed E-state index contributed by atoms with van der Waals surface area (Å²) in [6, 6.07) is 9.38. The first-order valence-electron chi connectivity index (χ1n) is 7.07. The van der Waals surface area contributed by atoms with Gasteiger partial charge in [-0.15, -0.1) is 0 Å². The van der Waals surface area contributed by atoms with Gasteiger partial charge < -0.3 is 10.2 Å². The van der Waals surface area contributed by atoms with Gasteiger partial charge in [-0.3, -0.25) is 14.4 Å².